The number of nitrogens with zero attached hydrogens (tertiary/aromatic N) is 1. The molecule has 0 fully saturated rings. The predicted molar refractivity (Wildman–Crippen MR) is 62.1 cm³/mol. The van der Waals surface area contributed by atoms with Gasteiger partial charge in [-0.3, -0.25) is 0 Å². The third-order valence-electron chi connectivity index (χ3n) is 1.97. The quantitative estimate of drug-likeness (QED) is 0.550. The van der Waals surface area contributed by atoms with Gasteiger partial charge in [0.25, 0.3) is 0 Å². The SMILES string of the molecule is CCOC(=O)NN=C(C)c1c(O)cccc1O. The smallest absolute Gasteiger partial charge is 0.427 e. The van der Waals surface area contributed by atoms with Gasteiger partial charge >= 0.3 is 6.09 Å². The van der Waals surface area contributed by atoms with Crippen LogP contribution in [0.3, 0.4) is 0 Å². The minimum absolute atomic E-state index is 0.114. The average Bonchev–Trinajstić information content (AvgIpc) is 2.26. The number of hydrogen-bond donors (Lipinski definition) is 3. The molecule has 0 atom stereocenters. The summed E-state index contributed by atoms with van der Waals surface area (Å²) in [6.07, 6.45) is -0.693. The first-order valence-corrected chi connectivity index (χ1v) is 5.04. The van der Waals surface area contributed by atoms with Crippen molar-refractivity contribution < 1.29 is 19.7 Å². The molecule has 6 heteroatoms. The molecule has 1 amide bonds. The summed E-state index contributed by atoms with van der Waals surface area (Å²) in [5.74, 6) is -0.228. The molecule has 0 heterocycles. The topological polar surface area (TPSA) is 91.2 Å². The van der Waals surface area contributed by atoms with E-state index >= 15 is 0 Å². The van der Waals surface area contributed by atoms with Crippen molar-refractivity contribution in [3.05, 3.63) is 23.8 Å². The molecule has 0 saturated heterocycles. The number of hydrogen-bond acceptors (Lipinski definition) is 5. The first-order valence-electron chi connectivity index (χ1n) is 5.04. The average molecular weight is 238 g/mol. The van der Waals surface area contributed by atoms with E-state index in [0.29, 0.717) is 0 Å². The molecule has 1 aromatic carbocycles. The Kier molecular flexibility index (Phi) is 4.33. The van der Waals surface area contributed by atoms with Gasteiger partial charge in [0.05, 0.1) is 17.9 Å². The Balaban J connectivity index is 2.85. The Morgan fingerprint density at radius 2 is 2.00 bits per heavy atom. The van der Waals surface area contributed by atoms with E-state index in [1.807, 2.05) is 0 Å². The number of carbonyl (C=O) groups excluding carboxylic acids is 1. The monoisotopic (exact) mass is 238 g/mol. The molecule has 0 spiro atoms. The van der Waals surface area contributed by atoms with E-state index in [9.17, 15) is 15.0 Å². The van der Waals surface area contributed by atoms with Gasteiger partial charge in [0.2, 0.25) is 0 Å². The van der Waals surface area contributed by atoms with Crippen LogP contribution in [0, 0.1) is 0 Å². The van der Waals surface area contributed by atoms with Gasteiger partial charge in [-0.1, -0.05) is 6.07 Å². The number of aromatic hydroxyl groups is 2. The number of nitrogens with one attached hydrogen (secondary N) is 1. The summed E-state index contributed by atoms with van der Waals surface area (Å²) < 4.78 is 4.61. The molecule has 0 saturated carbocycles. The molecule has 0 aliphatic heterocycles. The summed E-state index contributed by atoms with van der Waals surface area (Å²) in [5, 5.41) is 22.8. The molecule has 0 radical (unpaired) electrons. The summed E-state index contributed by atoms with van der Waals surface area (Å²) in [4.78, 5) is 11.0. The summed E-state index contributed by atoms with van der Waals surface area (Å²) >= 11 is 0. The lowest BCUT2D eigenvalue weighted by atomic mass is 10.1. The minimum atomic E-state index is -0.693. The Morgan fingerprint density at radius 3 is 2.53 bits per heavy atom. The van der Waals surface area contributed by atoms with Crippen LogP contribution in [0.5, 0.6) is 11.5 Å². The standard InChI is InChI=1S/C11H14N2O4/c1-3-17-11(16)13-12-7(2)10-8(14)5-4-6-9(10)15/h4-6,14-15H,3H2,1-2H3,(H,13,16). The van der Waals surface area contributed by atoms with Crippen LogP contribution in [0.15, 0.2) is 23.3 Å². The molecule has 0 aromatic heterocycles. The number of amides is 1. The van der Waals surface area contributed by atoms with E-state index < -0.39 is 6.09 Å². The van der Waals surface area contributed by atoms with Crippen LogP contribution in [-0.2, 0) is 4.74 Å². The molecule has 1 aromatic rings. The summed E-state index contributed by atoms with van der Waals surface area (Å²) in [7, 11) is 0. The van der Waals surface area contributed by atoms with E-state index in [0.717, 1.165) is 0 Å². The van der Waals surface area contributed by atoms with E-state index in [1.54, 1.807) is 13.8 Å². The zero-order valence-electron chi connectivity index (χ0n) is 9.60. The number of phenols is 2. The molecule has 0 bridgehead atoms. The van der Waals surface area contributed by atoms with Crippen LogP contribution in [0.2, 0.25) is 0 Å². The fourth-order valence-corrected chi connectivity index (χ4v) is 1.25. The number of rotatable bonds is 3. The fraction of sp³-hybridized carbons (Fsp3) is 0.273. The lowest BCUT2D eigenvalue weighted by Gasteiger charge is -2.06. The van der Waals surface area contributed by atoms with Gasteiger partial charge in [-0.15, -0.1) is 0 Å². The maximum Gasteiger partial charge on any atom is 0.427 e. The fourth-order valence-electron chi connectivity index (χ4n) is 1.25. The van der Waals surface area contributed by atoms with Crippen LogP contribution in [0.1, 0.15) is 19.4 Å². The lowest BCUT2D eigenvalue weighted by molar-refractivity contribution is 0.152. The van der Waals surface area contributed by atoms with Crippen LogP contribution in [0.4, 0.5) is 4.79 Å². The molecule has 6 nitrogen and oxygen atoms in total. The Labute approximate surface area is 98.5 Å². The normalized spacial score (nSPS) is 11.1. The minimum Gasteiger partial charge on any atom is -0.507 e. The lowest BCUT2D eigenvalue weighted by Crippen LogP contribution is -2.20. The van der Waals surface area contributed by atoms with E-state index in [1.165, 1.54) is 18.2 Å². The summed E-state index contributed by atoms with van der Waals surface area (Å²) in [6, 6.07) is 4.33. The Morgan fingerprint density at radius 1 is 1.41 bits per heavy atom. The highest BCUT2D eigenvalue weighted by Gasteiger charge is 2.10. The van der Waals surface area contributed by atoms with Crippen molar-refractivity contribution in [3.8, 4) is 11.5 Å². The van der Waals surface area contributed by atoms with Gasteiger partial charge in [0.1, 0.15) is 11.5 Å². The first kappa shape index (κ1) is 12.8. The largest absolute Gasteiger partial charge is 0.507 e. The van der Waals surface area contributed by atoms with Crippen molar-refractivity contribution in [2.45, 2.75) is 13.8 Å². The van der Waals surface area contributed by atoms with Crippen molar-refractivity contribution in [1.82, 2.24) is 5.43 Å². The van der Waals surface area contributed by atoms with Gasteiger partial charge in [-0.25, -0.2) is 10.2 Å². The molecule has 0 unspecified atom stereocenters. The van der Waals surface area contributed by atoms with E-state index in [-0.39, 0.29) is 29.4 Å². The molecule has 0 aliphatic carbocycles. The zero-order valence-corrected chi connectivity index (χ0v) is 9.60. The predicted octanol–water partition coefficient (Wildman–Crippen LogP) is 1.57. The maximum absolute atomic E-state index is 11.0. The van der Waals surface area contributed by atoms with Crippen molar-refractivity contribution in [2.24, 2.45) is 5.10 Å². The Bertz CT molecular complexity index is 423. The molecule has 0 aliphatic rings. The van der Waals surface area contributed by atoms with Crippen LogP contribution in [0.25, 0.3) is 0 Å². The van der Waals surface area contributed by atoms with Crippen molar-refractivity contribution in [1.29, 1.82) is 0 Å². The first-order chi connectivity index (χ1) is 8.06. The number of hydrazone groups is 1. The molecule has 1 rings (SSSR count). The second-order valence-electron chi connectivity index (χ2n) is 3.20. The zero-order chi connectivity index (χ0) is 12.8. The highest BCUT2D eigenvalue weighted by molar-refractivity contribution is 6.03. The van der Waals surface area contributed by atoms with Crippen molar-refractivity contribution in [2.75, 3.05) is 6.61 Å². The number of benzene rings is 1. The molecule has 92 valence electrons. The highest BCUT2D eigenvalue weighted by atomic mass is 16.5. The van der Waals surface area contributed by atoms with Gasteiger partial charge in [0.15, 0.2) is 0 Å². The molecular formula is C11H14N2O4. The van der Waals surface area contributed by atoms with Crippen molar-refractivity contribution in [3.63, 3.8) is 0 Å². The van der Waals surface area contributed by atoms with Gasteiger partial charge in [-0.05, 0) is 26.0 Å². The van der Waals surface area contributed by atoms with Gasteiger partial charge < -0.3 is 14.9 Å². The van der Waals surface area contributed by atoms with E-state index in [4.69, 9.17) is 0 Å². The van der Waals surface area contributed by atoms with Crippen molar-refractivity contribution >= 4 is 11.8 Å². The van der Waals surface area contributed by atoms with Crippen LogP contribution >= 0.6 is 0 Å². The highest BCUT2D eigenvalue weighted by Crippen LogP contribution is 2.26. The summed E-state index contributed by atoms with van der Waals surface area (Å²) in [5.41, 5.74) is 2.58. The maximum atomic E-state index is 11.0. The summed E-state index contributed by atoms with van der Waals surface area (Å²) in [6.45, 7) is 3.45. The number of phenolic OH excluding ortho intramolecular Hbond substituents is 2. The second kappa shape index (κ2) is 5.74. The third kappa shape index (κ3) is 3.37. The molecular weight excluding hydrogens is 224 g/mol. The third-order valence-corrected chi connectivity index (χ3v) is 1.97. The van der Waals surface area contributed by atoms with Crippen LogP contribution < -0.4 is 5.43 Å². The van der Waals surface area contributed by atoms with Gasteiger partial charge in [-0.2, -0.15) is 5.10 Å². The van der Waals surface area contributed by atoms with Gasteiger partial charge in [0, 0.05) is 0 Å². The number of carbonyl (C=O) groups is 1. The van der Waals surface area contributed by atoms with Crippen LogP contribution in [-0.4, -0.2) is 28.6 Å². The second-order valence-corrected chi connectivity index (χ2v) is 3.20. The number of ether oxygens (including phenoxy) is 1. The Hall–Kier alpha value is -2.24. The molecule has 17 heavy (non-hydrogen) atoms. The van der Waals surface area contributed by atoms with E-state index in [2.05, 4.69) is 15.3 Å². The molecule has 3 N–H and O–H groups in total.